The predicted molar refractivity (Wildman–Crippen MR) is 39.4 cm³/mol. The van der Waals surface area contributed by atoms with Crippen LogP contribution in [0.5, 0.6) is 0 Å². The Kier molecular flexibility index (Phi) is 4.72. The van der Waals surface area contributed by atoms with E-state index < -0.39 is 0 Å². The molecule has 0 heterocycles. The van der Waals surface area contributed by atoms with Gasteiger partial charge in [-0.05, 0) is 20.3 Å². The number of rotatable bonds is 4. The quantitative estimate of drug-likeness (QED) is 0.590. The Morgan fingerprint density at radius 3 is 2.22 bits per heavy atom. The summed E-state index contributed by atoms with van der Waals surface area (Å²) in [4.78, 5) is 0. The van der Waals surface area contributed by atoms with Crippen molar-refractivity contribution in [3.63, 3.8) is 0 Å². The molecule has 2 N–H and O–H groups in total. The second-order valence-electron chi connectivity index (χ2n) is 2.56. The molecule has 0 aromatic rings. The largest absolute Gasteiger partial charge is 0.395 e. The first-order valence-electron chi connectivity index (χ1n) is 3.57. The van der Waals surface area contributed by atoms with Crippen LogP contribution < -0.4 is 5.32 Å². The summed E-state index contributed by atoms with van der Waals surface area (Å²) in [5.74, 6) is 0. The molecule has 0 aromatic carbocycles. The van der Waals surface area contributed by atoms with E-state index in [9.17, 15) is 0 Å². The van der Waals surface area contributed by atoms with Crippen molar-refractivity contribution >= 4 is 0 Å². The molecule has 0 aliphatic carbocycles. The van der Waals surface area contributed by atoms with Crippen LogP contribution in [0.15, 0.2) is 0 Å². The molecule has 0 radical (unpaired) electrons. The lowest BCUT2D eigenvalue weighted by Gasteiger charge is -2.15. The summed E-state index contributed by atoms with van der Waals surface area (Å²) < 4.78 is 0. The van der Waals surface area contributed by atoms with E-state index in [2.05, 4.69) is 19.2 Å². The minimum Gasteiger partial charge on any atom is -0.395 e. The van der Waals surface area contributed by atoms with Gasteiger partial charge in [0.2, 0.25) is 0 Å². The van der Waals surface area contributed by atoms with Gasteiger partial charge in [0.05, 0.1) is 6.61 Å². The van der Waals surface area contributed by atoms with E-state index in [0.29, 0.717) is 6.04 Å². The van der Waals surface area contributed by atoms with Crippen molar-refractivity contribution in [3.05, 3.63) is 0 Å². The number of nitrogens with one attached hydrogen (secondary N) is 1. The monoisotopic (exact) mass is 131 g/mol. The van der Waals surface area contributed by atoms with E-state index in [1.54, 1.807) is 0 Å². The van der Waals surface area contributed by atoms with Crippen LogP contribution in [0, 0.1) is 0 Å². The third-order valence-electron chi connectivity index (χ3n) is 1.46. The molecule has 0 saturated carbocycles. The topological polar surface area (TPSA) is 32.3 Å². The van der Waals surface area contributed by atoms with Crippen LogP contribution >= 0.6 is 0 Å². The van der Waals surface area contributed by atoms with Gasteiger partial charge < -0.3 is 10.4 Å². The molecule has 2 heteroatoms. The number of aliphatic hydroxyl groups is 1. The van der Waals surface area contributed by atoms with E-state index >= 15 is 0 Å². The van der Waals surface area contributed by atoms with Crippen molar-refractivity contribution in [1.82, 2.24) is 5.32 Å². The molecule has 9 heavy (non-hydrogen) atoms. The predicted octanol–water partition coefficient (Wildman–Crippen LogP) is 0.755. The van der Waals surface area contributed by atoms with Crippen LogP contribution in [0.1, 0.15) is 27.2 Å². The highest BCUT2D eigenvalue weighted by Crippen LogP contribution is 1.89. The lowest BCUT2D eigenvalue weighted by molar-refractivity contribution is 0.242. The zero-order chi connectivity index (χ0) is 7.28. The van der Waals surface area contributed by atoms with Gasteiger partial charge in [-0.25, -0.2) is 0 Å². The van der Waals surface area contributed by atoms with Crippen molar-refractivity contribution < 1.29 is 5.11 Å². The van der Waals surface area contributed by atoms with Crippen LogP contribution in [0.2, 0.25) is 0 Å². The molecule has 0 aliphatic heterocycles. The van der Waals surface area contributed by atoms with Crippen LogP contribution in [-0.2, 0) is 0 Å². The van der Waals surface area contributed by atoms with Gasteiger partial charge in [0.1, 0.15) is 0 Å². The molecule has 2 nitrogen and oxygen atoms in total. The minimum atomic E-state index is 0.227. The van der Waals surface area contributed by atoms with E-state index in [-0.39, 0.29) is 12.6 Å². The molecule has 0 aromatic heterocycles. The van der Waals surface area contributed by atoms with Gasteiger partial charge in [-0.3, -0.25) is 0 Å². The van der Waals surface area contributed by atoms with Crippen LogP contribution in [-0.4, -0.2) is 23.8 Å². The highest BCUT2D eigenvalue weighted by molar-refractivity contribution is 4.63. The van der Waals surface area contributed by atoms with Gasteiger partial charge in [0.15, 0.2) is 0 Å². The molecule has 0 saturated heterocycles. The minimum absolute atomic E-state index is 0.227. The summed E-state index contributed by atoms with van der Waals surface area (Å²) in [7, 11) is 0. The van der Waals surface area contributed by atoms with Crippen molar-refractivity contribution in [3.8, 4) is 0 Å². The maximum Gasteiger partial charge on any atom is 0.0582 e. The average molecular weight is 131 g/mol. The molecule has 0 rings (SSSR count). The Bertz CT molecular complexity index is 57.9. The van der Waals surface area contributed by atoms with Crippen molar-refractivity contribution in [2.24, 2.45) is 0 Å². The third kappa shape index (κ3) is 4.43. The van der Waals surface area contributed by atoms with Crippen LogP contribution in [0.4, 0.5) is 0 Å². The zero-order valence-electron chi connectivity index (χ0n) is 6.52. The zero-order valence-corrected chi connectivity index (χ0v) is 6.52. The van der Waals surface area contributed by atoms with E-state index in [1.807, 2.05) is 6.92 Å². The molecule has 2 atom stereocenters. The maximum absolute atomic E-state index is 8.62. The average Bonchev–Trinajstić information content (AvgIpc) is 1.87. The van der Waals surface area contributed by atoms with Crippen molar-refractivity contribution in [1.29, 1.82) is 0 Å². The van der Waals surface area contributed by atoms with E-state index in [0.717, 1.165) is 6.42 Å². The van der Waals surface area contributed by atoms with Crippen molar-refractivity contribution in [2.45, 2.75) is 39.3 Å². The van der Waals surface area contributed by atoms with Gasteiger partial charge in [-0.15, -0.1) is 0 Å². The standard InChI is InChI=1S/C7H17NO/c1-4-6(2)8-7(3)5-9/h6-9H,4-5H2,1-3H3/t6?,7-/m1/s1. The van der Waals surface area contributed by atoms with E-state index in [1.165, 1.54) is 0 Å². The fourth-order valence-electron chi connectivity index (χ4n) is 0.656. The van der Waals surface area contributed by atoms with Gasteiger partial charge in [-0.2, -0.15) is 0 Å². The third-order valence-corrected chi connectivity index (χ3v) is 1.46. The first-order valence-corrected chi connectivity index (χ1v) is 3.57. The van der Waals surface area contributed by atoms with Crippen LogP contribution in [0.3, 0.4) is 0 Å². The first kappa shape index (κ1) is 8.92. The number of hydrogen-bond acceptors (Lipinski definition) is 2. The number of hydrogen-bond donors (Lipinski definition) is 2. The van der Waals surface area contributed by atoms with Gasteiger partial charge in [0.25, 0.3) is 0 Å². The summed E-state index contributed by atoms with van der Waals surface area (Å²) >= 11 is 0. The Morgan fingerprint density at radius 1 is 1.33 bits per heavy atom. The summed E-state index contributed by atoms with van der Waals surface area (Å²) in [6.45, 7) is 6.45. The van der Waals surface area contributed by atoms with Gasteiger partial charge in [-0.1, -0.05) is 6.92 Å². The lowest BCUT2D eigenvalue weighted by atomic mass is 10.2. The Balaban J connectivity index is 3.22. The van der Waals surface area contributed by atoms with Gasteiger partial charge >= 0.3 is 0 Å². The van der Waals surface area contributed by atoms with E-state index in [4.69, 9.17) is 5.11 Å². The highest BCUT2D eigenvalue weighted by Gasteiger charge is 2.01. The number of aliphatic hydroxyl groups excluding tert-OH is 1. The summed E-state index contributed by atoms with van der Waals surface area (Å²) in [5.41, 5.74) is 0. The highest BCUT2D eigenvalue weighted by atomic mass is 16.3. The molecule has 56 valence electrons. The normalized spacial score (nSPS) is 17.3. The van der Waals surface area contributed by atoms with Crippen molar-refractivity contribution in [2.75, 3.05) is 6.61 Å². The molecule has 0 bridgehead atoms. The Morgan fingerprint density at radius 2 is 1.89 bits per heavy atom. The second-order valence-corrected chi connectivity index (χ2v) is 2.56. The second kappa shape index (κ2) is 4.77. The SMILES string of the molecule is CCC(C)N[C@H](C)CO. The van der Waals surface area contributed by atoms with Gasteiger partial charge in [0, 0.05) is 12.1 Å². The molecule has 0 amide bonds. The smallest absolute Gasteiger partial charge is 0.0582 e. The summed E-state index contributed by atoms with van der Waals surface area (Å²) in [6, 6.07) is 0.757. The molecule has 0 fully saturated rings. The van der Waals surface area contributed by atoms with Crippen LogP contribution in [0.25, 0.3) is 0 Å². The molecular formula is C7H17NO. The summed E-state index contributed by atoms with van der Waals surface area (Å²) in [6.07, 6.45) is 1.12. The Hall–Kier alpha value is -0.0800. The molecule has 0 spiro atoms. The molecular weight excluding hydrogens is 114 g/mol. The fourth-order valence-corrected chi connectivity index (χ4v) is 0.656. The fraction of sp³-hybridized carbons (Fsp3) is 1.00. The summed E-state index contributed by atoms with van der Waals surface area (Å²) in [5, 5.41) is 11.8. The maximum atomic E-state index is 8.62. The molecule has 0 aliphatic rings. The lowest BCUT2D eigenvalue weighted by Crippen LogP contribution is -2.36. The first-order chi connectivity index (χ1) is 4.20. The Labute approximate surface area is 57.3 Å². The molecule has 1 unspecified atom stereocenters.